The Balaban J connectivity index is 1.67. The molecule has 3 rings (SSSR count). The molecule has 7 nitrogen and oxygen atoms in total. The van der Waals surface area contributed by atoms with Crippen LogP contribution >= 0.6 is 11.6 Å². The number of amides is 2. The highest BCUT2D eigenvalue weighted by molar-refractivity contribution is 7.89. The summed E-state index contributed by atoms with van der Waals surface area (Å²) in [6, 6.07) is 2.84. The maximum absolute atomic E-state index is 13.3. The predicted octanol–water partition coefficient (Wildman–Crippen LogP) is 2.10. The minimum absolute atomic E-state index is 0.0301. The second-order valence-corrected chi connectivity index (χ2v) is 9.60. The van der Waals surface area contributed by atoms with Crippen molar-refractivity contribution in [2.24, 2.45) is 0 Å². The average molecular weight is 446 g/mol. The minimum Gasteiger partial charge on any atom is -0.338 e. The van der Waals surface area contributed by atoms with Crippen LogP contribution in [0.3, 0.4) is 0 Å². The molecule has 29 heavy (non-hydrogen) atoms. The Morgan fingerprint density at radius 2 is 1.83 bits per heavy atom. The molecule has 0 spiro atoms. The molecule has 1 unspecified atom stereocenters. The first-order chi connectivity index (χ1) is 13.8. The largest absolute Gasteiger partial charge is 0.338 e. The van der Waals surface area contributed by atoms with Gasteiger partial charge in [-0.05, 0) is 37.5 Å². The highest BCUT2D eigenvalue weighted by Crippen LogP contribution is 2.25. The molecular formula is C19H25ClFN3O4S. The molecule has 1 aromatic rings. The van der Waals surface area contributed by atoms with Gasteiger partial charge in [-0.2, -0.15) is 4.31 Å². The van der Waals surface area contributed by atoms with Crippen molar-refractivity contribution in [3.05, 3.63) is 29.0 Å². The fourth-order valence-electron chi connectivity index (χ4n) is 3.84. The molecular weight excluding hydrogens is 421 g/mol. The van der Waals surface area contributed by atoms with Crippen molar-refractivity contribution in [1.29, 1.82) is 0 Å². The molecule has 1 aromatic carbocycles. The van der Waals surface area contributed by atoms with Gasteiger partial charge in [-0.25, -0.2) is 12.8 Å². The van der Waals surface area contributed by atoms with Crippen LogP contribution in [0.2, 0.25) is 5.02 Å². The summed E-state index contributed by atoms with van der Waals surface area (Å²) >= 11 is 5.72. The van der Waals surface area contributed by atoms with Gasteiger partial charge in [0.25, 0.3) is 0 Å². The van der Waals surface area contributed by atoms with Crippen molar-refractivity contribution in [3.63, 3.8) is 0 Å². The summed E-state index contributed by atoms with van der Waals surface area (Å²) < 4.78 is 40.2. The van der Waals surface area contributed by atoms with Gasteiger partial charge in [0.2, 0.25) is 21.8 Å². The molecule has 1 atom stereocenters. The number of piperazine rings is 1. The van der Waals surface area contributed by atoms with E-state index in [2.05, 4.69) is 0 Å². The molecule has 0 aromatic heterocycles. The van der Waals surface area contributed by atoms with E-state index in [0.717, 1.165) is 25.0 Å². The van der Waals surface area contributed by atoms with Gasteiger partial charge < -0.3 is 9.80 Å². The monoisotopic (exact) mass is 445 g/mol. The van der Waals surface area contributed by atoms with E-state index in [0.29, 0.717) is 19.4 Å². The van der Waals surface area contributed by atoms with E-state index in [1.807, 2.05) is 0 Å². The Labute approximate surface area is 175 Å². The lowest BCUT2D eigenvalue weighted by atomic mass is 10.00. The van der Waals surface area contributed by atoms with E-state index in [-0.39, 0.29) is 47.9 Å². The molecule has 2 aliphatic rings. The number of halogens is 2. The van der Waals surface area contributed by atoms with Crippen molar-refractivity contribution < 1.29 is 22.4 Å². The van der Waals surface area contributed by atoms with E-state index >= 15 is 0 Å². The first-order valence-corrected chi connectivity index (χ1v) is 11.6. The fourth-order valence-corrected chi connectivity index (χ4v) is 5.53. The first kappa shape index (κ1) is 22.0. The van der Waals surface area contributed by atoms with Gasteiger partial charge in [-0.3, -0.25) is 9.59 Å². The summed E-state index contributed by atoms with van der Waals surface area (Å²) in [5.74, 6) is -0.828. The standard InChI is InChI=1S/C19H25ClFN3O4S/c1-2-18(25)24-8-4-3-5-17(24)19(26)22-9-11-23(12-10-22)29(27,28)14-6-7-16(21)15(20)13-14/h6-7,13,17H,2-5,8-12H2,1H3. The first-order valence-electron chi connectivity index (χ1n) is 9.79. The van der Waals surface area contributed by atoms with Gasteiger partial charge in [0.05, 0.1) is 9.92 Å². The van der Waals surface area contributed by atoms with E-state index in [4.69, 9.17) is 11.6 Å². The van der Waals surface area contributed by atoms with Gasteiger partial charge in [0.15, 0.2) is 0 Å². The number of carbonyl (C=O) groups excluding carboxylic acids is 2. The zero-order chi connectivity index (χ0) is 21.2. The van der Waals surface area contributed by atoms with Crippen LogP contribution in [0.15, 0.2) is 23.1 Å². The van der Waals surface area contributed by atoms with Crippen LogP contribution in [0.25, 0.3) is 0 Å². The van der Waals surface area contributed by atoms with Gasteiger partial charge in [-0.1, -0.05) is 18.5 Å². The Bertz CT molecular complexity index is 887. The van der Waals surface area contributed by atoms with Gasteiger partial charge in [-0.15, -0.1) is 0 Å². The second-order valence-electron chi connectivity index (χ2n) is 7.26. The number of sulfonamides is 1. The van der Waals surface area contributed by atoms with Crippen molar-refractivity contribution >= 4 is 33.4 Å². The topological polar surface area (TPSA) is 78.0 Å². The molecule has 2 heterocycles. The number of rotatable bonds is 4. The number of benzene rings is 1. The molecule has 2 amide bonds. The van der Waals surface area contributed by atoms with Gasteiger partial charge >= 0.3 is 0 Å². The smallest absolute Gasteiger partial charge is 0.245 e. The Hall–Kier alpha value is -1.71. The lowest BCUT2D eigenvalue weighted by molar-refractivity contribution is -0.148. The van der Waals surface area contributed by atoms with Crippen LogP contribution in [-0.4, -0.2) is 73.1 Å². The molecule has 0 bridgehead atoms. The van der Waals surface area contributed by atoms with Crippen LogP contribution in [-0.2, 0) is 19.6 Å². The summed E-state index contributed by atoms with van der Waals surface area (Å²) in [7, 11) is -3.82. The summed E-state index contributed by atoms with van der Waals surface area (Å²) in [5, 5.41) is -0.252. The lowest BCUT2D eigenvalue weighted by Crippen LogP contribution is -2.57. The molecule has 0 aliphatic carbocycles. The van der Waals surface area contributed by atoms with Crippen molar-refractivity contribution in [3.8, 4) is 0 Å². The second kappa shape index (κ2) is 8.97. The minimum atomic E-state index is -3.82. The van der Waals surface area contributed by atoms with Crippen LogP contribution in [0.1, 0.15) is 32.6 Å². The van der Waals surface area contributed by atoms with Crippen LogP contribution in [0.4, 0.5) is 4.39 Å². The van der Waals surface area contributed by atoms with E-state index in [1.165, 1.54) is 10.4 Å². The van der Waals surface area contributed by atoms with Gasteiger partial charge in [0.1, 0.15) is 11.9 Å². The Morgan fingerprint density at radius 3 is 2.45 bits per heavy atom. The number of hydrogen-bond acceptors (Lipinski definition) is 4. The van der Waals surface area contributed by atoms with Crippen molar-refractivity contribution in [2.45, 2.75) is 43.5 Å². The molecule has 0 saturated carbocycles. The predicted molar refractivity (Wildman–Crippen MR) is 106 cm³/mol. The summed E-state index contributed by atoms with van der Waals surface area (Å²) in [6.07, 6.45) is 2.78. The van der Waals surface area contributed by atoms with E-state index in [9.17, 15) is 22.4 Å². The Morgan fingerprint density at radius 1 is 1.14 bits per heavy atom. The quantitative estimate of drug-likeness (QED) is 0.711. The summed E-state index contributed by atoms with van der Waals surface area (Å²) in [5.41, 5.74) is 0. The normalized spacial score (nSPS) is 21.3. The van der Waals surface area contributed by atoms with Crippen LogP contribution in [0.5, 0.6) is 0 Å². The third kappa shape index (κ3) is 4.57. The molecule has 2 aliphatic heterocycles. The van der Waals surface area contributed by atoms with E-state index < -0.39 is 21.9 Å². The molecule has 0 radical (unpaired) electrons. The fraction of sp³-hybridized carbons (Fsp3) is 0.579. The molecule has 2 saturated heterocycles. The summed E-state index contributed by atoms with van der Waals surface area (Å²) in [6.45, 7) is 3.14. The van der Waals surface area contributed by atoms with Gasteiger partial charge in [0, 0.05) is 39.1 Å². The number of likely N-dealkylation sites (tertiary alicyclic amines) is 1. The molecule has 2 fully saturated rings. The number of piperidine rings is 1. The van der Waals surface area contributed by atoms with Crippen molar-refractivity contribution in [1.82, 2.24) is 14.1 Å². The number of carbonyl (C=O) groups is 2. The average Bonchev–Trinajstić information content (AvgIpc) is 2.74. The third-order valence-electron chi connectivity index (χ3n) is 5.49. The zero-order valence-corrected chi connectivity index (χ0v) is 17.9. The van der Waals surface area contributed by atoms with Crippen molar-refractivity contribution in [2.75, 3.05) is 32.7 Å². The number of nitrogens with zero attached hydrogens (tertiary/aromatic N) is 3. The van der Waals surface area contributed by atoms with Crippen LogP contribution in [0, 0.1) is 5.82 Å². The molecule has 0 N–H and O–H groups in total. The third-order valence-corrected chi connectivity index (χ3v) is 7.67. The van der Waals surface area contributed by atoms with E-state index in [1.54, 1.807) is 16.7 Å². The highest BCUT2D eigenvalue weighted by Gasteiger charge is 2.37. The maximum atomic E-state index is 13.3. The Kier molecular flexibility index (Phi) is 6.80. The molecule has 10 heteroatoms. The maximum Gasteiger partial charge on any atom is 0.245 e. The lowest BCUT2D eigenvalue weighted by Gasteiger charge is -2.40. The highest BCUT2D eigenvalue weighted by atomic mass is 35.5. The summed E-state index contributed by atoms with van der Waals surface area (Å²) in [4.78, 5) is 28.4. The van der Waals surface area contributed by atoms with Crippen LogP contribution < -0.4 is 0 Å². The SMILES string of the molecule is CCC(=O)N1CCCCC1C(=O)N1CCN(S(=O)(=O)c2ccc(F)c(Cl)c2)CC1. The molecule has 160 valence electrons. The zero-order valence-electron chi connectivity index (χ0n) is 16.3. The number of hydrogen-bond donors (Lipinski definition) is 0.